The van der Waals surface area contributed by atoms with Crippen LogP contribution in [0.2, 0.25) is 0 Å². The smallest absolute Gasteiger partial charge is 0.239 e. The zero-order chi connectivity index (χ0) is 21.9. The van der Waals surface area contributed by atoms with Crippen molar-refractivity contribution in [2.45, 2.75) is 13.5 Å². The summed E-state index contributed by atoms with van der Waals surface area (Å²) in [5.74, 6) is 1.68. The summed E-state index contributed by atoms with van der Waals surface area (Å²) < 4.78 is 1.83. The predicted molar refractivity (Wildman–Crippen MR) is 127 cm³/mol. The Labute approximate surface area is 190 Å². The fourth-order valence-corrected chi connectivity index (χ4v) is 4.81. The molecular formula is C23H25N7OS. The number of hydrogen-bond acceptors (Lipinski definition) is 7. The van der Waals surface area contributed by atoms with Crippen LogP contribution < -0.4 is 10.2 Å². The van der Waals surface area contributed by atoms with E-state index in [2.05, 4.69) is 61.4 Å². The number of carbonyl (C=O) groups excluding carboxylic acids is 1. The van der Waals surface area contributed by atoms with Crippen molar-refractivity contribution in [1.82, 2.24) is 24.6 Å². The highest BCUT2D eigenvalue weighted by Gasteiger charge is 2.22. The number of rotatable bonds is 6. The van der Waals surface area contributed by atoms with Crippen molar-refractivity contribution in [2.24, 2.45) is 0 Å². The van der Waals surface area contributed by atoms with Crippen molar-refractivity contribution in [3.63, 3.8) is 0 Å². The van der Waals surface area contributed by atoms with Crippen LogP contribution in [0.1, 0.15) is 11.1 Å². The molecule has 8 nitrogen and oxygen atoms in total. The lowest BCUT2D eigenvalue weighted by Crippen LogP contribution is -2.49. The molecule has 1 fully saturated rings. The Morgan fingerprint density at radius 1 is 1.12 bits per heavy atom. The third kappa shape index (κ3) is 4.49. The quantitative estimate of drug-likeness (QED) is 0.490. The summed E-state index contributed by atoms with van der Waals surface area (Å²) in [6.07, 6.45) is 3.35. The van der Waals surface area contributed by atoms with E-state index in [-0.39, 0.29) is 5.91 Å². The highest BCUT2D eigenvalue weighted by atomic mass is 32.1. The van der Waals surface area contributed by atoms with E-state index < -0.39 is 0 Å². The van der Waals surface area contributed by atoms with Gasteiger partial charge in [-0.15, -0.1) is 11.3 Å². The van der Waals surface area contributed by atoms with Gasteiger partial charge >= 0.3 is 0 Å². The lowest BCUT2D eigenvalue weighted by atomic mass is 10.1. The molecule has 4 aromatic rings. The molecule has 9 heteroatoms. The molecule has 0 atom stereocenters. The van der Waals surface area contributed by atoms with E-state index in [1.54, 1.807) is 23.9 Å². The van der Waals surface area contributed by atoms with E-state index in [1.807, 2.05) is 22.2 Å². The molecule has 32 heavy (non-hydrogen) atoms. The molecule has 1 amide bonds. The van der Waals surface area contributed by atoms with Gasteiger partial charge in [0, 0.05) is 32.2 Å². The summed E-state index contributed by atoms with van der Waals surface area (Å²) in [5, 5.41) is 10.5. The van der Waals surface area contributed by atoms with Crippen LogP contribution in [0.4, 0.5) is 11.6 Å². The Kier molecular flexibility index (Phi) is 5.83. The van der Waals surface area contributed by atoms with Crippen LogP contribution in [0.5, 0.6) is 0 Å². The molecule has 0 radical (unpaired) electrons. The van der Waals surface area contributed by atoms with Gasteiger partial charge in [0.05, 0.1) is 24.7 Å². The lowest BCUT2D eigenvalue weighted by Gasteiger charge is -2.35. The van der Waals surface area contributed by atoms with Gasteiger partial charge in [-0.05, 0) is 23.9 Å². The van der Waals surface area contributed by atoms with Gasteiger partial charge in [-0.2, -0.15) is 5.10 Å². The number of carbonyl (C=O) groups is 1. The molecule has 0 bridgehead atoms. The van der Waals surface area contributed by atoms with Crippen molar-refractivity contribution in [3.05, 3.63) is 65.4 Å². The second-order valence-corrected chi connectivity index (χ2v) is 8.91. The molecule has 1 N–H and O–H groups in total. The zero-order valence-electron chi connectivity index (χ0n) is 17.9. The summed E-state index contributed by atoms with van der Waals surface area (Å²) in [6, 6.07) is 12.2. The minimum Gasteiger partial charge on any atom is -0.353 e. The van der Waals surface area contributed by atoms with Crippen LogP contribution in [-0.4, -0.2) is 63.3 Å². The maximum absolute atomic E-state index is 12.7. The Morgan fingerprint density at radius 2 is 2.00 bits per heavy atom. The van der Waals surface area contributed by atoms with Crippen LogP contribution in [0.25, 0.3) is 10.2 Å². The average Bonchev–Trinajstić information content (AvgIpc) is 3.44. The first kappa shape index (κ1) is 20.6. The first-order valence-electron chi connectivity index (χ1n) is 10.7. The van der Waals surface area contributed by atoms with Gasteiger partial charge in [0.15, 0.2) is 0 Å². The van der Waals surface area contributed by atoms with Crippen molar-refractivity contribution < 1.29 is 4.79 Å². The van der Waals surface area contributed by atoms with Crippen molar-refractivity contribution in [1.29, 1.82) is 0 Å². The highest BCUT2D eigenvalue weighted by Crippen LogP contribution is 2.27. The Balaban J connectivity index is 1.16. The van der Waals surface area contributed by atoms with Crippen molar-refractivity contribution in [2.75, 3.05) is 42.9 Å². The first-order valence-corrected chi connectivity index (χ1v) is 11.6. The standard InChI is InChI=1S/C23H25N7OS/c1-17-3-2-4-18(13-17)14-30-20(5-7-26-30)27-21(31)15-28-8-10-29(11-9-28)22-19-6-12-32-23(19)25-16-24-22/h2-7,12-13,16H,8-11,14-15H2,1H3,(H,27,31). The van der Waals surface area contributed by atoms with Crippen LogP contribution >= 0.6 is 11.3 Å². The maximum Gasteiger partial charge on any atom is 0.239 e. The number of nitrogens with zero attached hydrogens (tertiary/aromatic N) is 6. The summed E-state index contributed by atoms with van der Waals surface area (Å²) in [6.45, 7) is 6.35. The predicted octanol–water partition coefficient (Wildman–Crippen LogP) is 3.01. The molecule has 0 spiro atoms. The number of amides is 1. The topological polar surface area (TPSA) is 79.2 Å². The number of anilines is 2. The minimum absolute atomic E-state index is 0.0216. The first-order chi connectivity index (χ1) is 15.7. The summed E-state index contributed by atoms with van der Waals surface area (Å²) in [7, 11) is 0. The van der Waals surface area contributed by atoms with E-state index in [0.717, 1.165) is 53.6 Å². The molecule has 0 saturated carbocycles. The second kappa shape index (κ2) is 9.05. The number of aryl methyl sites for hydroxylation is 1. The number of nitrogens with one attached hydrogen (secondary N) is 1. The third-order valence-corrected chi connectivity index (χ3v) is 6.50. The van der Waals surface area contributed by atoms with Crippen molar-refractivity contribution >= 4 is 39.1 Å². The Morgan fingerprint density at radius 3 is 2.84 bits per heavy atom. The molecule has 1 aliphatic heterocycles. The zero-order valence-corrected chi connectivity index (χ0v) is 18.8. The van der Waals surface area contributed by atoms with Crippen molar-refractivity contribution in [3.8, 4) is 0 Å². The van der Waals surface area contributed by atoms with Gasteiger partial charge in [-0.25, -0.2) is 14.6 Å². The SMILES string of the molecule is Cc1cccc(Cn2nccc2NC(=O)CN2CCN(c3ncnc4sccc34)CC2)c1. The normalized spacial score (nSPS) is 14.7. The van der Waals surface area contributed by atoms with Gasteiger partial charge in [-0.3, -0.25) is 9.69 Å². The van der Waals surface area contributed by atoms with Gasteiger partial charge in [0.2, 0.25) is 5.91 Å². The lowest BCUT2D eigenvalue weighted by molar-refractivity contribution is -0.117. The molecule has 1 saturated heterocycles. The summed E-state index contributed by atoms with van der Waals surface area (Å²) in [5.41, 5.74) is 2.37. The molecular weight excluding hydrogens is 422 g/mol. The minimum atomic E-state index is -0.0216. The molecule has 1 aromatic carbocycles. The van der Waals surface area contributed by atoms with Crippen LogP contribution in [0, 0.1) is 6.92 Å². The van der Waals surface area contributed by atoms with Crippen LogP contribution in [-0.2, 0) is 11.3 Å². The summed E-state index contributed by atoms with van der Waals surface area (Å²) >= 11 is 1.63. The number of thiophene rings is 1. The van der Waals surface area contributed by atoms with Crippen LogP contribution in [0.3, 0.4) is 0 Å². The fraction of sp³-hybridized carbons (Fsp3) is 0.304. The molecule has 0 unspecified atom stereocenters. The number of hydrogen-bond donors (Lipinski definition) is 1. The molecule has 4 heterocycles. The molecule has 164 valence electrons. The number of aromatic nitrogens is 4. The Bertz CT molecular complexity index is 1230. The van der Waals surface area contributed by atoms with E-state index in [4.69, 9.17) is 0 Å². The molecule has 3 aromatic heterocycles. The van der Waals surface area contributed by atoms with E-state index in [0.29, 0.717) is 13.1 Å². The van der Waals surface area contributed by atoms with Gasteiger partial charge < -0.3 is 10.2 Å². The number of fused-ring (bicyclic) bond motifs is 1. The third-order valence-electron chi connectivity index (χ3n) is 5.68. The second-order valence-electron chi connectivity index (χ2n) is 8.01. The maximum atomic E-state index is 12.7. The monoisotopic (exact) mass is 447 g/mol. The van der Waals surface area contributed by atoms with E-state index in [9.17, 15) is 4.79 Å². The van der Waals surface area contributed by atoms with Gasteiger partial charge in [0.25, 0.3) is 0 Å². The highest BCUT2D eigenvalue weighted by molar-refractivity contribution is 7.16. The van der Waals surface area contributed by atoms with E-state index in [1.165, 1.54) is 5.56 Å². The average molecular weight is 448 g/mol. The number of benzene rings is 1. The number of piperazine rings is 1. The molecule has 1 aliphatic rings. The largest absolute Gasteiger partial charge is 0.353 e. The van der Waals surface area contributed by atoms with Crippen LogP contribution in [0.15, 0.2) is 54.3 Å². The van der Waals surface area contributed by atoms with Gasteiger partial charge in [0.1, 0.15) is 22.8 Å². The molecule has 5 rings (SSSR count). The van der Waals surface area contributed by atoms with Gasteiger partial charge in [-0.1, -0.05) is 29.8 Å². The Hall–Kier alpha value is -3.30. The fourth-order valence-electron chi connectivity index (χ4n) is 4.08. The van der Waals surface area contributed by atoms with E-state index >= 15 is 0 Å². The molecule has 0 aliphatic carbocycles. The summed E-state index contributed by atoms with van der Waals surface area (Å²) in [4.78, 5) is 27.0.